The van der Waals surface area contributed by atoms with Crippen LogP contribution in [-0.4, -0.2) is 29.2 Å². The second-order valence-electron chi connectivity index (χ2n) is 4.52. The summed E-state index contributed by atoms with van der Waals surface area (Å²) in [6, 6.07) is 3.83. The zero-order valence-corrected chi connectivity index (χ0v) is 15.3. The zero-order chi connectivity index (χ0) is 15.4. The second kappa shape index (κ2) is 7.26. The van der Waals surface area contributed by atoms with Crippen molar-refractivity contribution in [2.45, 2.75) is 24.7 Å². The van der Waals surface area contributed by atoms with Crippen LogP contribution in [0.2, 0.25) is 0 Å². The van der Waals surface area contributed by atoms with Crippen molar-refractivity contribution in [2.24, 2.45) is 0 Å². The van der Waals surface area contributed by atoms with Crippen LogP contribution in [0.15, 0.2) is 22.8 Å². The Labute approximate surface area is 140 Å². The number of hydrogen-bond acceptors (Lipinski definition) is 4. The average molecular weight is 419 g/mol. The molecule has 1 unspecified atom stereocenters. The largest absolute Gasteiger partial charge is 0.496 e. The molecule has 0 saturated heterocycles. The van der Waals surface area contributed by atoms with Crippen molar-refractivity contribution in [2.75, 3.05) is 14.2 Å². The summed E-state index contributed by atoms with van der Waals surface area (Å²) >= 11 is 7.03. The van der Waals surface area contributed by atoms with Crippen molar-refractivity contribution >= 4 is 31.9 Å². The van der Waals surface area contributed by atoms with Gasteiger partial charge in [-0.15, -0.1) is 5.10 Å². The fourth-order valence-electron chi connectivity index (χ4n) is 1.97. The summed E-state index contributed by atoms with van der Waals surface area (Å²) in [5, 5.41) is 8.35. The Kier molecular flexibility index (Phi) is 5.64. The van der Waals surface area contributed by atoms with Gasteiger partial charge in [0.15, 0.2) is 0 Å². The third kappa shape index (κ3) is 3.77. The number of ether oxygens (including phenoxy) is 2. The highest BCUT2D eigenvalue weighted by atomic mass is 79.9. The zero-order valence-electron chi connectivity index (χ0n) is 12.1. The summed E-state index contributed by atoms with van der Waals surface area (Å²) in [7, 11) is 3.29. The standard InChI is InChI=1S/C14H17Br2N3O2/c1-4-10(15)12-8-19(18-17-12)7-9-5-14(21-3)11(16)6-13(9)20-2/h5-6,8,10H,4,7H2,1-3H3. The summed E-state index contributed by atoms with van der Waals surface area (Å²) in [6.45, 7) is 2.67. The molecule has 0 N–H and O–H groups in total. The third-order valence-electron chi connectivity index (χ3n) is 3.12. The number of methoxy groups -OCH3 is 2. The van der Waals surface area contributed by atoms with Gasteiger partial charge in [-0.3, -0.25) is 0 Å². The molecule has 1 heterocycles. The van der Waals surface area contributed by atoms with E-state index in [4.69, 9.17) is 9.47 Å². The van der Waals surface area contributed by atoms with E-state index in [0.717, 1.165) is 33.6 Å². The quantitative estimate of drug-likeness (QED) is 0.666. The van der Waals surface area contributed by atoms with Crippen molar-refractivity contribution in [1.29, 1.82) is 0 Å². The van der Waals surface area contributed by atoms with E-state index in [-0.39, 0.29) is 4.83 Å². The summed E-state index contributed by atoms with van der Waals surface area (Å²) in [4.78, 5) is 0.229. The average Bonchev–Trinajstić information content (AvgIpc) is 2.96. The lowest BCUT2D eigenvalue weighted by molar-refractivity contribution is 0.394. The maximum Gasteiger partial charge on any atom is 0.133 e. The van der Waals surface area contributed by atoms with Crippen LogP contribution in [0.1, 0.15) is 29.4 Å². The molecule has 0 spiro atoms. The van der Waals surface area contributed by atoms with Crippen molar-refractivity contribution in [3.05, 3.63) is 34.1 Å². The summed E-state index contributed by atoms with van der Waals surface area (Å²) in [5.74, 6) is 1.55. The first kappa shape index (κ1) is 16.3. The lowest BCUT2D eigenvalue weighted by Gasteiger charge is -2.12. The van der Waals surface area contributed by atoms with Crippen molar-refractivity contribution in [1.82, 2.24) is 15.0 Å². The fraction of sp³-hybridized carbons (Fsp3) is 0.429. The van der Waals surface area contributed by atoms with E-state index in [9.17, 15) is 0 Å². The first-order chi connectivity index (χ1) is 10.1. The first-order valence-corrected chi connectivity index (χ1v) is 8.24. The van der Waals surface area contributed by atoms with Gasteiger partial charge < -0.3 is 9.47 Å². The predicted octanol–water partition coefficient (Wildman–Crippen LogP) is 3.95. The molecule has 0 bridgehead atoms. The number of halogens is 2. The maximum atomic E-state index is 5.42. The van der Waals surface area contributed by atoms with Crippen LogP contribution in [0.4, 0.5) is 0 Å². The molecule has 1 aromatic heterocycles. The van der Waals surface area contributed by atoms with Crippen LogP contribution in [0, 0.1) is 0 Å². The van der Waals surface area contributed by atoms with Gasteiger partial charge in [0.1, 0.15) is 11.5 Å². The van der Waals surface area contributed by atoms with E-state index in [1.54, 1.807) is 18.9 Å². The highest BCUT2D eigenvalue weighted by Crippen LogP contribution is 2.33. The van der Waals surface area contributed by atoms with Gasteiger partial charge in [-0.25, -0.2) is 4.68 Å². The van der Waals surface area contributed by atoms with Gasteiger partial charge in [0, 0.05) is 11.8 Å². The van der Waals surface area contributed by atoms with Crippen LogP contribution >= 0.6 is 31.9 Å². The van der Waals surface area contributed by atoms with Gasteiger partial charge in [0.2, 0.25) is 0 Å². The lowest BCUT2D eigenvalue weighted by Crippen LogP contribution is -2.03. The Morgan fingerprint density at radius 3 is 2.57 bits per heavy atom. The number of nitrogens with zero attached hydrogens (tertiary/aromatic N) is 3. The van der Waals surface area contributed by atoms with Crippen molar-refractivity contribution in [3.63, 3.8) is 0 Å². The van der Waals surface area contributed by atoms with E-state index >= 15 is 0 Å². The van der Waals surface area contributed by atoms with Crippen molar-refractivity contribution in [3.8, 4) is 11.5 Å². The molecule has 0 aliphatic heterocycles. The molecule has 2 rings (SSSR count). The molecule has 0 saturated carbocycles. The Morgan fingerprint density at radius 1 is 1.24 bits per heavy atom. The molecule has 1 aromatic carbocycles. The summed E-state index contributed by atoms with van der Waals surface area (Å²) in [6.07, 6.45) is 2.91. The Morgan fingerprint density at radius 2 is 1.95 bits per heavy atom. The molecule has 0 amide bonds. The summed E-state index contributed by atoms with van der Waals surface area (Å²) in [5.41, 5.74) is 1.91. The molecule has 21 heavy (non-hydrogen) atoms. The Hall–Kier alpha value is -1.08. The topological polar surface area (TPSA) is 49.2 Å². The minimum absolute atomic E-state index is 0.229. The van der Waals surface area contributed by atoms with Gasteiger partial charge in [0.05, 0.1) is 35.8 Å². The van der Waals surface area contributed by atoms with E-state index in [1.165, 1.54) is 0 Å². The first-order valence-electron chi connectivity index (χ1n) is 6.53. The van der Waals surface area contributed by atoms with Crippen LogP contribution in [0.3, 0.4) is 0 Å². The normalized spacial score (nSPS) is 12.2. The van der Waals surface area contributed by atoms with E-state index in [1.807, 2.05) is 18.3 Å². The van der Waals surface area contributed by atoms with Crippen LogP contribution in [0.25, 0.3) is 0 Å². The molecule has 1 atom stereocenters. The van der Waals surface area contributed by atoms with Crippen LogP contribution in [-0.2, 0) is 6.54 Å². The number of alkyl halides is 1. The minimum Gasteiger partial charge on any atom is -0.496 e. The second-order valence-corrected chi connectivity index (χ2v) is 6.48. The third-order valence-corrected chi connectivity index (χ3v) is 4.86. The summed E-state index contributed by atoms with van der Waals surface area (Å²) < 4.78 is 13.4. The molecule has 7 heteroatoms. The molecule has 0 radical (unpaired) electrons. The molecule has 0 aliphatic rings. The van der Waals surface area contributed by atoms with E-state index < -0.39 is 0 Å². The molecular weight excluding hydrogens is 402 g/mol. The van der Waals surface area contributed by atoms with E-state index in [2.05, 4.69) is 49.1 Å². The molecule has 114 valence electrons. The van der Waals surface area contributed by atoms with Gasteiger partial charge in [-0.1, -0.05) is 28.1 Å². The van der Waals surface area contributed by atoms with Crippen LogP contribution < -0.4 is 9.47 Å². The van der Waals surface area contributed by atoms with Crippen molar-refractivity contribution < 1.29 is 9.47 Å². The highest BCUT2D eigenvalue weighted by molar-refractivity contribution is 9.10. The monoisotopic (exact) mass is 417 g/mol. The Bertz CT molecular complexity index is 616. The maximum absolute atomic E-state index is 5.42. The molecule has 5 nitrogen and oxygen atoms in total. The minimum atomic E-state index is 0.229. The van der Waals surface area contributed by atoms with Gasteiger partial charge in [-0.2, -0.15) is 0 Å². The Balaban J connectivity index is 2.28. The SMILES string of the molecule is CCC(Br)c1cn(Cc2cc(OC)c(Br)cc2OC)nn1. The smallest absolute Gasteiger partial charge is 0.133 e. The highest BCUT2D eigenvalue weighted by Gasteiger charge is 2.13. The van der Waals surface area contributed by atoms with Gasteiger partial charge in [-0.05, 0) is 34.5 Å². The van der Waals surface area contributed by atoms with E-state index in [0.29, 0.717) is 6.54 Å². The number of benzene rings is 1. The van der Waals surface area contributed by atoms with Gasteiger partial charge >= 0.3 is 0 Å². The fourth-order valence-corrected chi connectivity index (χ4v) is 2.66. The molecule has 0 fully saturated rings. The van der Waals surface area contributed by atoms with Gasteiger partial charge in [0.25, 0.3) is 0 Å². The molecular formula is C14H17Br2N3O2. The number of hydrogen-bond donors (Lipinski definition) is 0. The molecule has 0 aliphatic carbocycles. The number of aromatic nitrogens is 3. The number of rotatable bonds is 6. The molecule has 2 aromatic rings. The van der Waals surface area contributed by atoms with Crippen LogP contribution in [0.5, 0.6) is 11.5 Å². The predicted molar refractivity (Wildman–Crippen MR) is 88.3 cm³/mol. The lowest BCUT2D eigenvalue weighted by atomic mass is 10.2.